The van der Waals surface area contributed by atoms with Gasteiger partial charge < -0.3 is 10.5 Å². The molecule has 21 heavy (non-hydrogen) atoms. The normalized spacial score (nSPS) is 11.2. The van der Waals surface area contributed by atoms with Crippen LogP contribution in [-0.4, -0.2) is 6.61 Å². The van der Waals surface area contributed by atoms with Gasteiger partial charge in [0.15, 0.2) is 0 Å². The Hall–Kier alpha value is -2.19. The number of ether oxygens (including phenoxy) is 1. The molecule has 0 fully saturated rings. The Morgan fingerprint density at radius 1 is 1.19 bits per heavy atom. The van der Waals surface area contributed by atoms with Crippen molar-refractivity contribution >= 4 is 22.9 Å². The van der Waals surface area contributed by atoms with Crippen LogP contribution >= 0.6 is 11.6 Å². The Bertz CT molecular complexity index is 659. The van der Waals surface area contributed by atoms with E-state index in [-0.39, 0.29) is 0 Å². The third-order valence-corrected chi connectivity index (χ3v) is 3.34. The lowest BCUT2D eigenvalue weighted by Gasteiger charge is -2.11. The van der Waals surface area contributed by atoms with E-state index in [0.29, 0.717) is 17.4 Å². The van der Waals surface area contributed by atoms with Crippen LogP contribution in [0.3, 0.4) is 0 Å². The van der Waals surface area contributed by atoms with Crippen molar-refractivity contribution in [3.63, 3.8) is 0 Å². The number of nitrogens with two attached hydrogens (primary N) is 1. The Kier molecular flexibility index (Phi) is 5.07. The molecule has 0 heterocycles. The lowest BCUT2D eigenvalue weighted by molar-refractivity contribution is 0.340. The minimum atomic E-state index is 0.590. The molecule has 108 valence electrons. The summed E-state index contributed by atoms with van der Waals surface area (Å²) in [4.78, 5) is 0. The largest absolute Gasteiger partial charge is 0.492 e. The maximum Gasteiger partial charge on any atom is 0.137 e. The fraction of sp³-hybridized carbons (Fsp3) is 0.111. The van der Waals surface area contributed by atoms with Gasteiger partial charge in [-0.25, -0.2) is 0 Å². The highest BCUT2D eigenvalue weighted by molar-refractivity contribution is 6.32. The average molecular weight is 300 g/mol. The molecule has 2 aromatic rings. The molecule has 2 rings (SSSR count). The second-order valence-electron chi connectivity index (χ2n) is 4.52. The molecule has 2 N–H and O–H groups in total. The minimum Gasteiger partial charge on any atom is -0.492 e. The van der Waals surface area contributed by atoms with Crippen molar-refractivity contribution in [3.05, 3.63) is 77.3 Å². The van der Waals surface area contributed by atoms with Crippen LogP contribution in [0, 0.1) is 0 Å². The summed E-state index contributed by atoms with van der Waals surface area (Å²) < 4.78 is 5.46. The number of hydrogen-bond donors (Lipinski definition) is 1. The van der Waals surface area contributed by atoms with Gasteiger partial charge in [0.25, 0.3) is 0 Å². The molecule has 0 radical (unpaired) electrons. The van der Waals surface area contributed by atoms with Crippen LogP contribution in [0.4, 0.5) is 5.69 Å². The number of hydrogen-bond acceptors (Lipinski definition) is 2. The molecule has 0 amide bonds. The zero-order valence-electron chi connectivity index (χ0n) is 12.0. The predicted octanol–water partition coefficient (Wildman–Crippen LogP) is 4.94. The van der Waals surface area contributed by atoms with Gasteiger partial charge in [-0.1, -0.05) is 48.5 Å². The molecule has 0 bridgehead atoms. The zero-order valence-corrected chi connectivity index (χ0v) is 12.7. The Morgan fingerprint density at radius 3 is 2.43 bits per heavy atom. The third-order valence-electron chi connectivity index (χ3n) is 3.05. The summed E-state index contributed by atoms with van der Waals surface area (Å²) in [5.74, 6) is 0.693. The summed E-state index contributed by atoms with van der Waals surface area (Å²) in [7, 11) is 0. The number of halogens is 1. The van der Waals surface area contributed by atoms with E-state index in [9.17, 15) is 0 Å². The van der Waals surface area contributed by atoms with Gasteiger partial charge in [-0.3, -0.25) is 0 Å². The summed E-state index contributed by atoms with van der Waals surface area (Å²) in [5.41, 5.74) is 9.58. The van der Waals surface area contributed by atoms with Crippen molar-refractivity contribution in [2.75, 3.05) is 12.3 Å². The summed E-state index contributed by atoms with van der Waals surface area (Å²) in [6.07, 6.45) is 3.72. The smallest absolute Gasteiger partial charge is 0.137 e. The van der Waals surface area contributed by atoms with Crippen molar-refractivity contribution in [1.29, 1.82) is 0 Å². The molecule has 2 nitrogen and oxygen atoms in total. The molecule has 3 heteroatoms. The zero-order chi connectivity index (χ0) is 15.2. The molecule has 0 atom stereocenters. The Balaban J connectivity index is 2.44. The second kappa shape index (κ2) is 7.00. The van der Waals surface area contributed by atoms with Crippen molar-refractivity contribution in [2.45, 2.75) is 6.92 Å². The first-order chi connectivity index (χ1) is 10.2. The molecular formula is C18H18ClNO. The van der Waals surface area contributed by atoms with E-state index in [1.807, 2.05) is 55.5 Å². The lowest BCUT2D eigenvalue weighted by Crippen LogP contribution is -1.94. The monoisotopic (exact) mass is 299 g/mol. The van der Waals surface area contributed by atoms with E-state index >= 15 is 0 Å². The maximum atomic E-state index is 6.27. The predicted molar refractivity (Wildman–Crippen MR) is 90.8 cm³/mol. The van der Waals surface area contributed by atoms with Crippen LogP contribution in [0.2, 0.25) is 5.02 Å². The SMILES string of the molecule is C=C/C=C(\c1ccc(N)cc1)c1ccc(OCC)c(Cl)c1. The van der Waals surface area contributed by atoms with Gasteiger partial charge in [0.05, 0.1) is 11.6 Å². The molecule has 0 unspecified atom stereocenters. The molecule has 0 spiro atoms. The van der Waals surface area contributed by atoms with Crippen LogP contribution in [0.1, 0.15) is 18.1 Å². The average Bonchev–Trinajstić information content (AvgIpc) is 2.48. The fourth-order valence-electron chi connectivity index (χ4n) is 2.08. The number of anilines is 1. The van der Waals surface area contributed by atoms with Crippen LogP contribution in [0.25, 0.3) is 5.57 Å². The minimum absolute atomic E-state index is 0.590. The molecule has 0 aromatic heterocycles. The van der Waals surface area contributed by atoms with Gasteiger partial charge in [0.1, 0.15) is 5.75 Å². The van der Waals surface area contributed by atoms with Crippen LogP contribution in [0.5, 0.6) is 5.75 Å². The molecule has 2 aromatic carbocycles. The van der Waals surface area contributed by atoms with Gasteiger partial charge in [-0.15, -0.1) is 0 Å². The van der Waals surface area contributed by atoms with Gasteiger partial charge in [-0.05, 0) is 47.9 Å². The standard InChI is InChI=1S/C18H18ClNO/c1-3-5-16(13-6-9-15(20)10-7-13)14-8-11-18(21-4-2)17(19)12-14/h3,5-12H,1,4,20H2,2H3/b16-5+. The van der Waals surface area contributed by atoms with Crippen molar-refractivity contribution in [1.82, 2.24) is 0 Å². The van der Waals surface area contributed by atoms with Gasteiger partial charge in [0, 0.05) is 5.69 Å². The van der Waals surface area contributed by atoms with Crippen molar-refractivity contribution < 1.29 is 4.74 Å². The molecular weight excluding hydrogens is 282 g/mol. The summed E-state index contributed by atoms with van der Waals surface area (Å²) in [5, 5.41) is 0.597. The van der Waals surface area contributed by atoms with E-state index in [1.54, 1.807) is 6.08 Å². The van der Waals surface area contributed by atoms with Crippen molar-refractivity contribution in [3.8, 4) is 5.75 Å². The number of rotatable bonds is 5. The van der Waals surface area contributed by atoms with E-state index in [2.05, 4.69) is 6.58 Å². The molecule has 0 saturated heterocycles. The van der Waals surface area contributed by atoms with E-state index in [4.69, 9.17) is 22.1 Å². The van der Waals surface area contributed by atoms with Crippen LogP contribution in [-0.2, 0) is 0 Å². The van der Waals surface area contributed by atoms with Crippen molar-refractivity contribution in [2.24, 2.45) is 0 Å². The van der Waals surface area contributed by atoms with Gasteiger partial charge in [-0.2, -0.15) is 0 Å². The third kappa shape index (κ3) is 3.67. The summed E-state index contributed by atoms with van der Waals surface area (Å²) in [6, 6.07) is 13.5. The first kappa shape index (κ1) is 15.2. The topological polar surface area (TPSA) is 35.2 Å². The quantitative estimate of drug-likeness (QED) is 0.627. The summed E-state index contributed by atoms with van der Waals surface area (Å²) in [6.45, 7) is 6.30. The highest BCUT2D eigenvalue weighted by atomic mass is 35.5. The highest BCUT2D eigenvalue weighted by Gasteiger charge is 2.08. The van der Waals surface area contributed by atoms with E-state index in [0.717, 1.165) is 22.4 Å². The highest BCUT2D eigenvalue weighted by Crippen LogP contribution is 2.31. The van der Waals surface area contributed by atoms with Crippen LogP contribution < -0.4 is 10.5 Å². The van der Waals surface area contributed by atoms with Gasteiger partial charge in [0.2, 0.25) is 0 Å². The number of nitrogen functional groups attached to an aromatic ring is 1. The molecule has 0 aliphatic rings. The lowest BCUT2D eigenvalue weighted by atomic mass is 9.97. The Morgan fingerprint density at radius 2 is 1.86 bits per heavy atom. The summed E-state index contributed by atoms with van der Waals surface area (Å²) >= 11 is 6.27. The fourth-order valence-corrected chi connectivity index (χ4v) is 2.32. The Labute approximate surface area is 130 Å². The maximum absolute atomic E-state index is 6.27. The van der Waals surface area contributed by atoms with Gasteiger partial charge >= 0.3 is 0 Å². The van der Waals surface area contributed by atoms with E-state index in [1.165, 1.54) is 0 Å². The molecule has 0 saturated carbocycles. The van der Waals surface area contributed by atoms with E-state index < -0.39 is 0 Å². The second-order valence-corrected chi connectivity index (χ2v) is 4.92. The molecule has 0 aliphatic carbocycles. The first-order valence-electron chi connectivity index (χ1n) is 6.77. The molecule has 0 aliphatic heterocycles. The number of benzene rings is 2. The van der Waals surface area contributed by atoms with Crippen LogP contribution in [0.15, 0.2) is 61.2 Å². The first-order valence-corrected chi connectivity index (χ1v) is 7.15. The number of allylic oxidation sites excluding steroid dienone is 2.